The number of pyridine rings is 1. The van der Waals surface area contributed by atoms with E-state index in [1.54, 1.807) is 0 Å². The summed E-state index contributed by atoms with van der Waals surface area (Å²) in [4.78, 5) is 22.3. The van der Waals surface area contributed by atoms with Crippen LogP contribution in [0.2, 0.25) is 0 Å². The molecule has 2 aliphatic carbocycles. The lowest BCUT2D eigenvalue weighted by Crippen LogP contribution is -2.33. The molecule has 0 spiro atoms. The summed E-state index contributed by atoms with van der Waals surface area (Å²) in [5.41, 5.74) is 11.1. The van der Waals surface area contributed by atoms with Crippen LogP contribution < -0.4 is 9.64 Å². The van der Waals surface area contributed by atoms with Gasteiger partial charge in [-0.1, -0.05) is 18.2 Å². The molecule has 8 heteroatoms. The average Bonchev–Trinajstić information content (AvgIpc) is 3.67. The van der Waals surface area contributed by atoms with Gasteiger partial charge in [-0.3, -0.25) is 9.58 Å². The van der Waals surface area contributed by atoms with Crippen molar-refractivity contribution in [3.8, 4) is 28.1 Å². The molecule has 4 aliphatic rings. The van der Waals surface area contributed by atoms with Gasteiger partial charge in [0.15, 0.2) is 0 Å². The van der Waals surface area contributed by atoms with Crippen LogP contribution in [0.3, 0.4) is 0 Å². The molecule has 0 saturated heterocycles. The van der Waals surface area contributed by atoms with Gasteiger partial charge >= 0.3 is 6.09 Å². The number of benzene rings is 2. The van der Waals surface area contributed by atoms with Gasteiger partial charge in [-0.05, 0) is 129 Å². The normalized spacial score (nSPS) is 19.9. The van der Waals surface area contributed by atoms with Crippen LogP contribution in [0.25, 0.3) is 22.3 Å². The molecule has 4 aromatic rings. The van der Waals surface area contributed by atoms with E-state index in [0.29, 0.717) is 24.9 Å². The first-order chi connectivity index (χ1) is 23.5. The minimum absolute atomic E-state index is 0.283. The lowest BCUT2D eigenvalue weighted by molar-refractivity contribution is 0.0242. The summed E-state index contributed by atoms with van der Waals surface area (Å²) < 4.78 is 14.2. The van der Waals surface area contributed by atoms with Crippen molar-refractivity contribution >= 4 is 17.5 Å². The minimum atomic E-state index is -0.565. The maximum atomic E-state index is 13.4. The predicted molar refractivity (Wildman–Crippen MR) is 193 cm³/mol. The highest BCUT2D eigenvalue weighted by molar-refractivity contribution is 5.82. The number of carbonyl (C=O) groups is 1. The molecule has 49 heavy (non-hydrogen) atoms. The summed E-state index contributed by atoms with van der Waals surface area (Å²) in [7, 11) is 1.98. The van der Waals surface area contributed by atoms with Gasteiger partial charge in [-0.2, -0.15) is 5.10 Å². The van der Waals surface area contributed by atoms with Crippen molar-refractivity contribution in [1.29, 1.82) is 0 Å². The number of carbonyl (C=O) groups excluding carboxylic acids is 1. The molecule has 2 aromatic carbocycles. The second kappa shape index (κ2) is 11.9. The summed E-state index contributed by atoms with van der Waals surface area (Å²) in [5, 5.41) is 4.50. The Balaban J connectivity index is 1.22. The lowest BCUT2D eigenvalue weighted by atomic mass is 9.90. The summed E-state index contributed by atoms with van der Waals surface area (Å²) in [6.45, 7) is 9.77. The topological polar surface area (TPSA) is 72.7 Å². The number of rotatable bonds is 6. The van der Waals surface area contributed by atoms with Crippen LogP contribution in [0.1, 0.15) is 81.5 Å². The van der Waals surface area contributed by atoms with E-state index in [9.17, 15) is 4.79 Å². The summed E-state index contributed by atoms with van der Waals surface area (Å²) in [5.74, 6) is 1.17. The summed E-state index contributed by atoms with van der Waals surface area (Å²) >= 11 is 0. The van der Waals surface area contributed by atoms with Gasteiger partial charge in [-0.15, -0.1) is 0 Å². The van der Waals surface area contributed by atoms with E-state index in [0.717, 1.165) is 48.2 Å². The third kappa shape index (κ3) is 6.36. The first-order valence-electron chi connectivity index (χ1n) is 17.6. The molecule has 8 rings (SSSR count). The average molecular weight is 656 g/mol. The molecule has 1 amide bonds. The van der Waals surface area contributed by atoms with Crippen molar-refractivity contribution in [2.75, 3.05) is 11.4 Å². The van der Waals surface area contributed by atoms with Gasteiger partial charge in [-0.25, -0.2) is 9.78 Å². The lowest BCUT2D eigenvalue weighted by Gasteiger charge is -2.34. The molecule has 252 valence electrons. The van der Waals surface area contributed by atoms with Gasteiger partial charge in [0.05, 0.1) is 12.7 Å². The van der Waals surface area contributed by atoms with Crippen LogP contribution in [0.4, 0.5) is 16.2 Å². The first kappa shape index (κ1) is 31.4. The number of allylic oxidation sites excluding steroid dienone is 2. The van der Waals surface area contributed by atoms with Gasteiger partial charge in [0.2, 0.25) is 5.88 Å². The molecular weight excluding hydrogens is 610 g/mol. The van der Waals surface area contributed by atoms with E-state index in [-0.39, 0.29) is 6.09 Å². The van der Waals surface area contributed by atoms with E-state index >= 15 is 0 Å². The van der Waals surface area contributed by atoms with Crippen molar-refractivity contribution in [1.82, 2.24) is 19.7 Å². The fourth-order valence-electron chi connectivity index (χ4n) is 7.46. The number of hydrogen-bond donors (Lipinski definition) is 0. The molecule has 0 radical (unpaired) electrons. The Kier molecular flexibility index (Phi) is 7.65. The summed E-state index contributed by atoms with van der Waals surface area (Å²) in [6, 6.07) is 13.5. The number of fused-ring (bicyclic) bond motifs is 2. The van der Waals surface area contributed by atoms with Crippen molar-refractivity contribution in [2.45, 2.75) is 90.0 Å². The molecule has 1 unspecified atom stereocenters. The molecule has 0 N–H and O–H groups in total. The maximum absolute atomic E-state index is 13.4. The van der Waals surface area contributed by atoms with Crippen molar-refractivity contribution < 1.29 is 14.3 Å². The molecule has 2 aromatic heterocycles. The molecule has 1 atom stereocenters. The number of amides is 1. The highest BCUT2D eigenvalue weighted by Gasteiger charge is 2.34. The Morgan fingerprint density at radius 3 is 2.57 bits per heavy atom. The standard InChI is InChI=1S/C41H45N5O3/c1-40(2,3)49-39(47)45-25-31-18-30(28-13-16-42-38(21-28)48-41(4)14-7-6-8-15-41)20-37(35(31)26-45)46-17-9-10-29-19-33(32-23-43-44(5)24-32)34(22-36(29)46)27-11-12-27/h6-8,13-14,16,18-24,27H,9-12,15,17,25-26H2,1-5H3. The number of hydrogen-bond acceptors (Lipinski definition) is 6. The summed E-state index contributed by atoms with van der Waals surface area (Å²) in [6.07, 6.45) is 19.3. The van der Waals surface area contributed by atoms with Crippen molar-refractivity contribution in [3.63, 3.8) is 0 Å². The second-order valence-corrected chi connectivity index (χ2v) is 15.3. The zero-order valence-corrected chi connectivity index (χ0v) is 29.2. The second-order valence-electron chi connectivity index (χ2n) is 15.3. The molecule has 1 fully saturated rings. The quantitative estimate of drug-likeness (QED) is 0.206. The molecule has 4 heterocycles. The molecule has 1 saturated carbocycles. The van der Waals surface area contributed by atoms with E-state index in [1.165, 1.54) is 46.3 Å². The van der Waals surface area contributed by atoms with Crippen molar-refractivity contribution in [3.05, 3.63) is 102 Å². The Morgan fingerprint density at radius 1 is 0.980 bits per heavy atom. The highest BCUT2D eigenvalue weighted by Crippen LogP contribution is 2.49. The van der Waals surface area contributed by atoms with Crippen LogP contribution in [-0.2, 0) is 31.3 Å². The number of anilines is 2. The zero-order chi connectivity index (χ0) is 33.9. The fraction of sp³-hybridized carbons (Fsp3) is 0.390. The Hall–Kier alpha value is -4.85. The van der Waals surface area contributed by atoms with Crippen LogP contribution in [-0.4, -0.2) is 43.5 Å². The number of aromatic nitrogens is 3. The zero-order valence-electron chi connectivity index (χ0n) is 29.2. The Labute approximate surface area is 289 Å². The van der Waals surface area contributed by atoms with E-state index in [2.05, 4.69) is 64.5 Å². The van der Waals surface area contributed by atoms with Crippen molar-refractivity contribution in [2.24, 2.45) is 7.05 Å². The van der Waals surface area contributed by atoms with Crippen LogP contribution in [0.15, 0.2) is 79.3 Å². The Bertz CT molecular complexity index is 2000. The minimum Gasteiger partial charge on any atom is -0.467 e. The van der Waals surface area contributed by atoms with E-state index < -0.39 is 11.2 Å². The number of nitrogens with zero attached hydrogens (tertiary/aromatic N) is 5. The smallest absolute Gasteiger partial charge is 0.410 e. The van der Waals surface area contributed by atoms with Gasteiger partial charge < -0.3 is 14.4 Å². The largest absolute Gasteiger partial charge is 0.467 e. The third-order valence-corrected chi connectivity index (χ3v) is 10.00. The van der Waals surface area contributed by atoms with E-state index in [4.69, 9.17) is 9.47 Å². The SMILES string of the molecule is Cn1cc(-c2cc3c(cc2C2CC2)N(c2cc(-c4ccnc(OC5(C)C=CC=CC5)c4)cc4c2CN(C(=O)OC(C)(C)C)C4)CCC3)cn1. The first-order valence-corrected chi connectivity index (χ1v) is 17.6. The molecule has 2 aliphatic heterocycles. The molecular formula is C41H45N5O3. The van der Waals surface area contributed by atoms with Gasteiger partial charge in [0.25, 0.3) is 0 Å². The Morgan fingerprint density at radius 2 is 1.84 bits per heavy atom. The monoisotopic (exact) mass is 655 g/mol. The fourth-order valence-corrected chi connectivity index (χ4v) is 7.46. The highest BCUT2D eigenvalue weighted by atomic mass is 16.6. The molecule has 0 bridgehead atoms. The third-order valence-electron chi connectivity index (χ3n) is 10.00. The van der Waals surface area contributed by atoms with E-state index in [1.807, 2.05) is 74.1 Å². The molecule has 8 nitrogen and oxygen atoms in total. The van der Waals surface area contributed by atoms with Crippen LogP contribution >= 0.6 is 0 Å². The van der Waals surface area contributed by atoms with Gasteiger partial charge in [0.1, 0.15) is 11.2 Å². The predicted octanol–water partition coefficient (Wildman–Crippen LogP) is 9.02. The number of aryl methyl sites for hydroxylation is 2. The maximum Gasteiger partial charge on any atom is 0.410 e. The van der Waals surface area contributed by atoms with Crippen LogP contribution in [0.5, 0.6) is 5.88 Å². The van der Waals surface area contributed by atoms with Gasteiger partial charge in [0, 0.05) is 67.5 Å². The number of ether oxygens (including phenoxy) is 2. The van der Waals surface area contributed by atoms with Crippen LogP contribution in [0, 0.1) is 0 Å².